The van der Waals surface area contributed by atoms with Crippen LogP contribution in [0, 0.1) is 0 Å². The van der Waals surface area contributed by atoms with E-state index in [2.05, 4.69) is 9.47 Å². The van der Waals surface area contributed by atoms with Crippen LogP contribution < -0.4 is 15.2 Å². The number of carboxylic acid groups (broad SMARTS) is 1. The minimum absolute atomic E-state index is 0.0571. The normalized spacial score (nSPS) is 19.9. The Bertz CT molecular complexity index is 564. The Labute approximate surface area is 116 Å². The molecule has 0 bridgehead atoms. The Morgan fingerprint density at radius 2 is 1.76 bits per heavy atom. The molecule has 0 aromatic heterocycles. The maximum absolute atomic E-state index is 13.0. The van der Waals surface area contributed by atoms with Crippen molar-refractivity contribution in [3.8, 4) is 11.5 Å². The molecule has 0 fully saturated rings. The van der Waals surface area contributed by atoms with Crippen molar-refractivity contribution in [3.63, 3.8) is 0 Å². The summed E-state index contributed by atoms with van der Waals surface area (Å²) in [7, 11) is 0. The van der Waals surface area contributed by atoms with Crippen molar-refractivity contribution in [1.82, 2.24) is 0 Å². The fourth-order valence-electron chi connectivity index (χ4n) is 1.76. The summed E-state index contributed by atoms with van der Waals surface area (Å²) in [4.78, 5) is 10.4. The first-order valence-electron chi connectivity index (χ1n) is 5.87. The van der Waals surface area contributed by atoms with E-state index >= 15 is 0 Å². The minimum Gasteiger partial charge on any atom is -0.481 e. The first kappa shape index (κ1) is 15.4. The quantitative estimate of drug-likeness (QED) is 0.835. The predicted molar refractivity (Wildman–Crippen MR) is 61.4 cm³/mol. The van der Waals surface area contributed by atoms with Gasteiger partial charge in [0.2, 0.25) is 0 Å². The lowest BCUT2D eigenvalue weighted by Crippen LogP contribution is -2.52. The molecular weight excluding hydrogens is 298 g/mol. The molecule has 5 nitrogen and oxygen atoms in total. The zero-order chi connectivity index (χ0) is 15.8. The van der Waals surface area contributed by atoms with E-state index < -0.39 is 35.7 Å². The molecule has 1 atom stereocenters. The van der Waals surface area contributed by atoms with Crippen molar-refractivity contribution in [2.24, 2.45) is 5.73 Å². The van der Waals surface area contributed by atoms with Gasteiger partial charge in [0.15, 0.2) is 11.5 Å². The first-order chi connectivity index (χ1) is 9.62. The van der Waals surface area contributed by atoms with E-state index in [1.54, 1.807) is 0 Å². The molecule has 0 saturated heterocycles. The van der Waals surface area contributed by atoms with Crippen molar-refractivity contribution in [2.45, 2.75) is 31.1 Å². The number of carboxylic acids is 1. The lowest BCUT2D eigenvalue weighted by Gasteiger charge is -2.32. The van der Waals surface area contributed by atoms with Crippen LogP contribution in [0.1, 0.15) is 24.4 Å². The van der Waals surface area contributed by atoms with Crippen LogP contribution in [-0.4, -0.2) is 23.3 Å². The summed E-state index contributed by atoms with van der Waals surface area (Å²) in [5.41, 5.74) is 5.98. The van der Waals surface area contributed by atoms with Crippen molar-refractivity contribution in [1.29, 1.82) is 0 Å². The van der Waals surface area contributed by atoms with Crippen LogP contribution in [0.4, 0.5) is 17.6 Å². The molecule has 116 valence electrons. The molecule has 1 heterocycles. The molecule has 21 heavy (non-hydrogen) atoms. The lowest BCUT2D eigenvalue weighted by molar-refractivity contribution is -0.391. The molecule has 1 aromatic carbocycles. The third-order valence-electron chi connectivity index (χ3n) is 2.88. The van der Waals surface area contributed by atoms with Crippen LogP contribution >= 0.6 is 0 Å². The van der Waals surface area contributed by atoms with Crippen molar-refractivity contribution in [2.75, 3.05) is 0 Å². The molecule has 3 N–H and O–H groups in total. The van der Waals surface area contributed by atoms with E-state index in [-0.39, 0.29) is 18.4 Å². The van der Waals surface area contributed by atoms with Crippen LogP contribution in [0.25, 0.3) is 0 Å². The third kappa shape index (κ3) is 3.02. The standard InChI is InChI=1S/C12H11F4NO4/c13-11(14)12(15,16)21-9-5-6(1-3-8(9)20-11)7(17)2-4-10(18)19/h1,3,5,7H,2,4,17H2,(H,18,19). The average molecular weight is 309 g/mol. The second-order valence-electron chi connectivity index (χ2n) is 4.48. The molecule has 1 aliphatic rings. The summed E-state index contributed by atoms with van der Waals surface area (Å²) >= 11 is 0. The molecule has 1 aliphatic heterocycles. The number of fused-ring (bicyclic) bond motifs is 1. The summed E-state index contributed by atoms with van der Waals surface area (Å²) < 4.78 is 59.9. The third-order valence-corrected chi connectivity index (χ3v) is 2.88. The highest BCUT2D eigenvalue weighted by Gasteiger charge is 2.65. The fourth-order valence-corrected chi connectivity index (χ4v) is 1.76. The molecule has 2 rings (SSSR count). The van der Waals surface area contributed by atoms with E-state index in [1.165, 1.54) is 6.07 Å². The van der Waals surface area contributed by atoms with Crippen LogP contribution in [0.3, 0.4) is 0 Å². The van der Waals surface area contributed by atoms with Crippen molar-refractivity contribution < 1.29 is 36.9 Å². The van der Waals surface area contributed by atoms with Gasteiger partial charge in [-0.1, -0.05) is 6.07 Å². The van der Waals surface area contributed by atoms with Crippen LogP contribution in [0.5, 0.6) is 11.5 Å². The van der Waals surface area contributed by atoms with E-state index in [1.807, 2.05) is 0 Å². The Balaban J connectivity index is 2.23. The van der Waals surface area contributed by atoms with E-state index in [0.717, 1.165) is 12.1 Å². The molecule has 0 radical (unpaired) electrons. The number of hydrogen-bond donors (Lipinski definition) is 2. The number of rotatable bonds is 4. The summed E-state index contributed by atoms with van der Waals surface area (Å²) in [6.45, 7) is 0. The van der Waals surface area contributed by atoms with Gasteiger partial charge in [-0.3, -0.25) is 4.79 Å². The van der Waals surface area contributed by atoms with Gasteiger partial charge in [0, 0.05) is 12.5 Å². The second-order valence-corrected chi connectivity index (χ2v) is 4.48. The highest BCUT2D eigenvalue weighted by molar-refractivity contribution is 5.66. The highest BCUT2D eigenvalue weighted by atomic mass is 19.3. The molecule has 1 unspecified atom stereocenters. The zero-order valence-electron chi connectivity index (χ0n) is 10.5. The molecule has 0 saturated carbocycles. The maximum Gasteiger partial charge on any atom is 0.507 e. The Morgan fingerprint density at radius 1 is 1.19 bits per heavy atom. The Hall–Kier alpha value is -2.03. The first-order valence-corrected chi connectivity index (χ1v) is 5.87. The van der Waals surface area contributed by atoms with Gasteiger partial charge in [0.1, 0.15) is 0 Å². The Kier molecular flexibility index (Phi) is 3.70. The van der Waals surface area contributed by atoms with Gasteiger partial charge in [-0.25, -0.2) is 0 Å². The largest absolute Gasteiger partial charge is 0.507 e. The summed E-state index contributed by atoms with van der Waals surface area (Å²) in [5.74, 6) is -2.18. The minimum atomic E-state index is -4.80. The maximum atomic E-state index is 13.0. The number of hydrogen-bond acceptors (Lipinski definition) is 4. The van der Waals surface area contributed by atoms with E-state index in [0.29, 0.717) is 0 Å². The number of ether oxygens (including phenoxy) is 2. The molecular formula is C12H11F4NO4. The van der Waals surface area contributed by atoms with Gasteiger partial charge in [0.05, 0.1) is 0 Å². The SMILES string of the molecule is NC(CCC(=O)O)c1ccc2c(c1)OC(F)(F)C(F)(F)O2. The number of alkyl halides is 4. The van der Waals surface area contributed by atoms with Gasteiger partial charge >= 0.3 is 18.2 Å². The zero-order valence-corrected chi connectivity index (χ0v) is 10.5. The number of halogens is 4. The van der Waals surface area contributed by atoms with E-state index in [4.69, 9.17) is 10.8 Å². The van der Waals surface area contributed by atoms with Gasteiger partial charge in [-0.05, 0) is 24.1 Å². The average Bonchev–Trinajstić information content (AvgIpc) is 2.36. The Morgan fingerprint density at radius 3 is 2.33 bits per heavy atom. The van der Waals surface area contributed by atoms with Gasteiger partial charge in [-0.2, -0.15) is 17.6 Å². The molecule has 1 aromatic rings. The second kappa shape index (κ2) is 5.06. The number of nitrogens with two attached hydrogens (primary N) is 1. The van der Waals surface area contributed by atoms with Crippen molar-refractivity contribution >= 4 is 5.97 Å². The summed E-state index contributed by atoms with van der Waals surface area (Å²) in [6.07, 6.45) is -9.73. The molecule has 9 heteroatoms. The van der Waals surface area contributed by atoms with Gasteiger partial charge < -0.3 is 20.3 Å². The highest BCUT2D eigenvalue weighted by Crippen LogP contribution is 2.47. The van der Waals surface area contributed by atoms with Gasteiger partial charge in [0.25, 0.3) is 0 Å². The van der Waals surface area contributed by atoms with Crippen LogP contribution in [0.15, 0.2) is 18.2 Å². The van der Waals surface area contributed by atoms with Crippen molar-refractivity contribution in [3.05, 3.63) is 23.8 Å². The number of benzene rings is 1. The molecule has 0 aliphatic carbocycles. The summed E-state index contributed by atoms with van der Waals surface area (Å²) in [5, 5.41) is 8.54. The predicted octanol–water partition coefficient (Wildman–Crippen LogP) is 2.51. The van der Waals surface area contributed by atoms with Crippen LogP contribution in [0.2, 0.25) is 0 Å². The number of carbonyl (C=O) groups is 1. The molecule has 0 spiro atoms. The molecule has 0 amide bonds. The number of aliphatic carboxylic acids is 1. The summed E-state index contributed by atoms with van der Waals surface area (Å²) in [6, 6.07) is 2.58. The lowest BCUT2D eigenvalue weighted by atomic mass is 10.0. The van der Waals surface area contributed by atoms with Gasteiger partial charge in [-0.15, -0.1) is 0 Å². The van der Waals surface area contributed by atoms with E-state index in [9.17, 15) is 22.4 Å². The smallest absolute Gasteiger partial charge is 0.481 e. The monoisotopic (exact) mass is 309 g/mol. The topological polar surface area (TPSA) is 81.8 Å². The fraction of sp³-hybridized carbons (Fsp3) is 0.417. The van der Waals surface area contributed by atoms with Crippen LogP contribution in [-0.2, 0) is 4.79 Å².